The standard InChI is InChI=1S/C16H17BrClF3N4S/c1-9-4-5-11(18)8-12(9)23-15(26)22-6-3-7-25-10(2)13(17)14(24-25)16(19,20)21/h4-5,8H,3,6-7H2,1-2H3,(H2,22,23,26). The van der Waals surface area contributed by atoms with Gasteiger partial charge in [0.25, 0.3) is 0 Å². The first-order valence-electron chi connectivity index (χ1n) is 7.70. The number of thiocarbonyl (C=S) groups is 1. The van der Waals surface area contributed by atoms with E-state index in [1.165, 1.54) is 4.68 Å². The minimum absolute atomic E-state index is 0.0217. The number of aromatic nitrogens is 2. The number of halogens is 5. The SMILES string of the molecule is Cc1ccc(Cl)cc1NC(=S)NCCCn1nc(C(F)(F)F)c(Br)c1C. The van der Waals surface area contributed by atoms with Crippen LogP contribution < -0.4 is 10.6 Å². The molecule has 10 heteroatoms. The molecule has 0 radical (unpaired) electrons. The molecule has 0 saturated heterocycles. The van der Waals surface area contributed by atoms with E-state index in [1.807, 2.05) is 13.0 Å². The first-order valence-corrected chi connectivity index (χ1v) is 9.28. The molecule has 0 bridgehead atoms. The number of hydrogen-bond acceptors (Lipinski definition) is 2. The van der Waals surface area contributed by atoms with Gasteiger partial charge in [-0.15, -0.1) is 0 Å². The molecule has 0 aliphatic rings. The highest BCUT2D eigenvalue weighted by atomic mass is 79.9. The zero-order valence-corrected chi connectivity index (χ0v) is 17.2. The van der Waals surface area contributed by atoms with Crippen LogP contribution in [0, 0.1) is 13.8 Å². The summed E-state index contributed by atoms with van der Waals surface area (Å²) in [4.78, 5) is 0. The van der Waals surface area contributed by atoms with E-state index in [0.717, 1.165) is 11.3 Å². The molecule has 0 aliphatic carbocycles. The first kappa shape index (κ1) is 21.0. The molecule has 0 atom stereocenters. The summed E-state index contributed by atoms with van der Waals surface area (Å²) in [5, 5.41) is 10.7. The van der Waals surface area contributed by atoms with Crippen molar-refractivity contribution in [3.63, 3.8) is 0 Å². The number of anilines is 1. The summed E-state index contributed by atoms with van der Waals surface area (Å²) >= 11 is 14.1. The van der Waals surface area contributed by atoms with Gasteiger partial charge in [0, 0.05) is 23.8 Å². The van der Waals surface area contributed by atoms with Crippen LogP contribution in [0.5, 0.6) is 0 Å². The van der Waals surface area contributed by atoms with Gasteiger partial charge >= 0.3 is 6.18 Å². The summed E-state index contributed by atoms with van der Waals surface area (Å²) in [7, 11) is 0. The highest BCUT2D eigenvalue weighted by molar-refractivity contribution is 9.10. The molecule has 4 nitrogen and oxygen atoms in total. The zero-order chi connectivity index (χ0) is 19.5. The van der Waals surface area contributed by atoms with Crippen LogP contribution in [0.1, 0.15) is 23.4 Å². The van der Waals surface area contributed by atoms with E-state index >= 15 is 0 Å². The minimum atomic E-state index is -4.48. The van der Waals surface area contributed by atoms with Crippen molar-refractivity contribution in [3.8, 4) is 0 Å². The lowest BCUT2D eigenvalue weighted by atomic mass is 10.2. The van der Waals surface area contributed by atoms with Crippen molar-refractivity contribution in [2.75, 3.05) is 11.9 Å². The Morgan fingerprint density at radius 1 is 1.35 bits per heavy atom. The fourth-order valence-electron chi connectivity index (χ4n) is 2.25. The molecule has 26 heavy (non-hydrogen) atoms. The van der Waals surface area contributed by atoms with E-state index in [0.29, 0.717) is 35.3 Å². The number of alkyl halides is 3. The maximum atomic E-state index is 12.9. The van der Waals surface area contributed by atoms with Gasteiger partial charge in [0.15, 0.2) is 10.8 Å². The van der Waals surface area contributed by atoms with Crippen LogP contribution >= 0.6 is 39.7 Å². The quantitative estimate of drug-likeness (QED) is 0.460. The van der Waals surface area contributed by atoms with Gasteiger partial charge in [-0.1, -0.05) is 17.7 Å². The van der Waals surface area contributed by atoms with Crippen molar-refractivity contribution in [1.29, 1.82) is 0 Å². The van der Waals surface area contributed by atoms with Gasteiger partial charge in [0.1, 0.15) is 0 Å². The Morgan fingerprint density at radius 3 is 2.65 bits per heavy atom. The van der Waals surface area contributed by atoms with E-state index in [9.17, 15) is 13.2 Å². The fraction of sp³-hybridized carbons (Fsp3) is 0.375. The van der Waals surface area contributed by atoms with Gasteiger partial charge in [-0.25, -0.2) is 0 Å². The lowest BCUT2D eigenvalue weighted by molar-refractivity contribution is -0.142. The highest BCUT2D eigenvalue weighted by Crippen LogP contribution is 2.35. The van der Waals surface area contributed by atoms with Crippen LogP contribution in [-0.4, -0.2) is 21.4 Å². The molecule has 2 rings (SSSR count). The number of nitrogens with zero attached hydrogens (tertiary/aromatic N) is 2. The Bertz CT molecular complexity index is 808. The van der Waals surface area contributed by atoms with Gasteiger partial charge in [0.05, 0.1) is 10.2 Å². The first-order chi connectivity index (χ1) is 12.1. The summed E-state index contributed by atoms with van der Waals surface area (Å²) in [6.45, 7) is 4.35. The molecule has 0 amide bonds. The molecule has 2 aromatic rings. The molecule has 1 heterocycles. The predicted octanol–water partition coefficient (Wildman–Crippen LogP) is 5.31. The molecule has 0 spiro atoms. The summed E-state index contributed by atoms with van der Waals surface area (Å²) in [5.41, 5.74) is 1.33. The molecule has 2 N–H and O–H groups in total. The molecule has 0 saturated carbocycles. The molecule has 142 valence electrons. The Labute approximate surface area is 168 Å². The maximum absolute atomic E-state index is 12.9. The topological polar surface area (TPSA) is 41.9 Å². The second-order valence-electron chi connectivity index (χ2n) is 5.66. The Kier molecular flexibility index (Phi) is 6.92. The number of rotatable bonds is 5. The van der Waals surface area contributed by atoms with Crippen molar-refractivity contribution in [2.24, 2.45) is 0 Å². The highest BCUT2D eigenvalue weighted by Gasteiger charge is 2.37. The van der Waals surface area contributed by atoms with Crippen molar-refractivity contribution in [1.82, 2.24) is 15.1 Å². The smallest absolute Gasteiger partial charge is 0.362 e. The van der Waals surface area contributed by atoms with E-state index in [2.05, 4.69) is 31.7 Å². The minimum Gasteiger partial charge on any atom is -0.362 e. The van der Waals surface area contributed by atoms with E-state index in [-0.39, 0.29) is 4.47 Å². The fourth-order valence-corrected chi connectivity index (χ4v) is 3.14. The number of nitrogens with one attached hydrogen (secondary N) is 2. The number of hydrogen-bond donors (Lipinski definition) is 2. The lowest BCUT2D eigenvalue weighted by Gasteiger charge is -2.13. The molecule has 1 aromatic carbocycles. The van der Waals surface area contributed by atoms with Crippen LogP contribution in [0.25, 0.3) is 0 Å². The molecule has 0 aliphatic heterocycles. The zero-order valence-electron chi connectivity index (χ0n) is 14.0. The van der Waals surface area contributed by atoms with Gasteiger partial charge in [0.2, 0.25) is 0 Å². The average Bonchev–Trinajstić information content (AvgIpc) is 2.83. The van der Waals surface area contributed by atoms with Crippen LogP contribution in [0.4, 0.5) is 18.9 Å². The normalized spacial score (nSPS) is 11.5. The molecule has 0 unspecified atom stereocenters. The molecule has 1 aromatic heterocycles. The molecular formula is C16H17BrClF3N4S. The average molecular weight is 470 g/mol. The van der Waals surface area contributed by atoms with Gasteiger partial charge in [-0.3, -0.25) is 4.68 Å². The van der Waals surface area contributed by atoms with Crippen molar-refractivity contribution < 1.29 is 13.2 Å². The third-order valence-corrected chi connectivity index (χ3v) is 5.11. The van der Waals surface area contributed by atoms with Crippen LogP contribution in [0.2, 0.25) is 5.02 Å². The lowest BCUT2D eigenvalue weighted by Crippen LogP contribution is -2.30. The van der Waals surface area contributed by atoms with Gasteiger partial charge in [-0.05, 0) is 66.1 Å². The Balaban J connectivity index is 1.85. The second kappa shape index (κ2) is 8.58. The molecule has 0 fully saturated rings. The molecular weight excluding hydrogens is 453 g/mol. The Morgan fingerprint density at radius 2 is 2.04 bits per heavy atom. The monoisotopic (exact) mass is 468 g/mol. The second-order valence-corrected chi connectivity index (χ2v) is 7.30. The van der Waals surface area contributed by atoms with E-state index in [4.69, 9.17) is 23.8 Å². The summed E-state index contributed by atoms with van der Waals surface area (Å²) in [5.74, 6) is 0. The summed E-state index contributed by atoms with van der Waals surface area (Å²) in [6, 6.07) is 5.44. The Hall–Kier alpha value is -1.32. The van der Waals surface area contributed by atoms with Crippen molar-refractivity contribution in [2.45, 2.75) is 33.0 Å². The van der Waals surface area contributed by atoms with Gasteiger partial charge in [-0.2, -0.15) is 18.3 Å². The van der Waals surface area contributed by atoms with Crippen molar-refractivity contribution >= 4 is 50.5 Å². The third-order valence-electron chi connectivity index (χ3n) is 3.68. The van der Waals surface area contributed by atoms with Gasteiger partial charge < -0.3 is 10.6 Å². The van der Waals surface area contributed by atoms with Crippen LogP contribution in [-0.2, 0) is 12.7 Å². The number of benzene rings is 1. The van der Waals surface area contributed by atoms with E-state index in [1.54, 1.807) is 19.1 Å². The van der Waals surface area contributed by atoms with E-state index < -0.39 is 11.9 Å². The van der Waals surface area contributed by atoms with Crippen molar-refractivity contribution in [3.05, 3.63) is 44.6 Å². The number of aryl methyl sites for hydroxylation is 2. The van der Waals surface area contributed by atoms with Crippen LogP contribution in [0.3, 0.4) is 0 Å². The summed E-state index contributed by atoms with van der Waals surface area (Å²) < 4.78 is 39.9. The third kappa shape index (κ3) is 5.34. The van der Waals surface area contributed by atoms with Crippen LogP contribution in [0.15, 0.2) is 22.7 Å². The predicted molar refractivity (Wildman–Crippen MR) is 105 cm³/mol. The largest absolute Gasteiger partial charge is 0.436 e. The maximum Gasteiger partial charge on any atom is 0.436 e. The summed E-state index contributed by atoms with van der Waals surface area (Å²) in [6.07, 6.45) is -3.92.